The van der Waals surface area contributed by atoms with Gasteiger partial charge in [-0.3, -0.25) is 4.79 Å². The SMILES string of the molecule is O=C(CSC[C@H](O)c1ccccc1)N1CCc2ccccc21. The number of amides is 1. The number of para-hydroxylation sites is 1. The van der Waals surface area contributed by atoms with Crippen molar-refractivity contribution in [3.8, 4) is 0 Å². The molecule has 114 valence electrons. The molecule has 0 unspecified atom stereocenters. The molecular formula is C18H19NO2S. The monoisotopic (exact) mass is 313 g/mol. The lowest BCUT2D eigenvalue weighted by Gasteiger charge is -2.17. The minimum atomic E-state index is -0.523. The Kier molecular flexibility index (Phi) is 4.80. The Balaban J connectivity index is 1.51. The van der Waals surface area contributed by atoms with Gasteiger partial charge in [0.25, 0.3) is 0 Å². The molecule has 1 aliphatic heterocycles. The molecule has 0 aromatic heterocycles. The van der Waals surface area contributed by atoms with E-state index in [0.29, 0.717) is 11.5 Å². The van der Waals surface area contributed by atoms with Gasteiger partial charge in [-0.05, 0) is 23.6 Å². The zero-order chi connectivity index (χ0) is 15.4. The van der Waals surface area contributed by atoms with Crippen LogP contribution in [0.2, 0.25) is 0 Å². The molecule has 1 atom stereocenters. The fourth-order valence-corrected chi connectivity index (χ4v) is 3.57. The molecule has 22 heavy (non-hydrogen) atoms. The van der Waals surface area contributed by atoms with Crippen LogP contribution in [-0.4, -0.2) is 29.1 Å². The summed E-state index contributed by atoms with van der Waals surface area (Å²) >= 11 is 1.48. The van der Waals surface area contributed by atoms with E-state index in [4.69, 9.17) is 0 Å². The molecule has 0 radical (unpaired) electrons. The Morgan fingerprint density at radius 3 is 2.68 bits per heavy atom. The summed E-state index contributed by atoms with van der Waals surface area (Å²) in [7, 11) is 0. The molecule has 3 rings (SSSR count). The topological polar surface area (TPSA) is 40.5 Å². The highest BCUT2D eigenvalue weighted by atomic mass is 32.2. The molecule has 0 fully saturated rings. The zero-order valence-corrected chi connectivity index (χ0v) is 13.1. The molecule has 0 bridgehead atoms. The Bertz CT molecular complexity index is 645. The number of carbonyl (C=O) groups is 1. The number of fused-ring (bicyclic) bond motifs is 1. The number of rotatable bonds is 5. The fraction of sp³-hybridized carbons (Fsp3) is 0.278. The summed E-state index contributed by atoms with van der Waals surface area (Å²) in [5.74, 6) is 1.05. The van der Waals surface area contributed by atoms with Crippen molar-refractivity contribution in [1.82, 2.24) is 0 Å². The van der Waals surface area contributed by atoms with Gasteiger partial charge >= 0.3 is 0 Å². The van der Waals surface area contributed by atoms with Crippen LogP contribution in [0.4, 0.5) is 5.69 Å². The Morgan fingerprint density at radius 2 is 1.86 bits per heavy atom. The van der Waals surface area contributed by atoms with Crippen LogP contribution in [0.3, 0.4) is 0 Å². The molecule has 2 aromatic carbocycles. The van der Waals surface area contributed by atoms with Crippen LogP contribution in [0.25, 0.3) is 0 Å². The highest BCUT2D eigenvalue weighted by Crippen LogP contribution is 2.28. The third-order valence-electron chi connectivity index (χ3n) is 3.87. The van der Waals surface area contributed by atoms with Crippen molar-refractivity contribution in [2.45, 2.75) is 12.5 Å². The van der Waals surface area contributed by atoms with Crippen molar-refractivity contribution in [3.05, 3.63) is 65.7 Å². The average molecular weight is 313 g/mol. The summed E-state index contributed by atoms with van der Waals surface area (Å²) in [5.41, 5.74) is 3.18. The minimum Gasteiger partial charge on any atom is -0.388 e. The van der Waals surface area contributed by atoms with E-state index in [1.807, 2.05) is 53.4 Å². The van der Waals surface area contributed by atoms with Gasteiger partial charge < -0.3 is 10.0 Å². The van der Waals surface area contributed by atoms with Crippen LogP contribution < -0.4 is 4.90 Å². The van der Waals surface area contributed by atoms with E-state index in [2.05, 4.69) is 6.07 Å². The predicted molar refractivity (Wildman–Crippen MR) is 91.2 cm³/mol. The van der Waals surface area contributed by atoms with Crippen molar-refractivity contribution in [3.63, 3.8) is 0 Å². The number of nitrogens with zero attached hydrogens (tertiary/aromatic N) is 1. The highest BCUT2D eigenvalue weighted by Gasteiger charge is 2.23. The normalized spacial score (nSPS) is 14.7. The second kappa shape index (κ2) is 6.99. The van der Waals surface area contributed by atoms with E-state index in [-0.39, 0.29) is 5.91 Å². The van der Waals surface area contributed by atoms with Crippen LogP contribution in [-0.2, 0) is 11.2 Å². The average Bonchev–Trinajstić information content (AvgIpc) is 2.99. The molecule has 3 nitrogen and oxygen atoms in total. The number of thioether (sulfide) groups is 1. The Labute approximate surface area is 135 Å². The van der Waals surface area contributed by atoms with Gasteiger partial charge in [-0.25, -0.2) is 0 Å². The third kappa shape index (κ3) is 3.34. The predicted octanol–water partition coefficient (Wildman–Crippen LogP) is 3.04. The first-order valence-corrected chi connectivity index (χ1v) is 8.60. The lowest BCUT2D eigenvalue weighted by Crippen LogP contribution is -2.30. The van der Waals surface area contributed by atoms with Gasteiger partial charge in [0.15, 0.2) is 0 Å². The summed E-state index contributed by atoms with van der Waals surface area (Å²) in [6, 6.07) is 17.6. The number of hydrogen-bond donors (Lipinski definition) is 1. The van der Waals surface area contributed by atoms with Gasteiger partial charge in [-0.1, -0.05) is 48.5 Å². The van der Waals surface area contributed by atoms with E-state index in [1.54, 1.807) is 0 Å². The van der Waals surface area contributed by atoms with Crippen molar-refractivity contribution in [2.24, 2.45) is 0 Å². The maximum absolute atomic E-state index is 12.3. The molecule has 0 saturated carbocycles. The molecule has 1 heterocycles. The minimum absolute atomic E-state index is 0.121. The van der Waals surface area contributed by atoms with Crippen LogP contribution >= 0.6 is 11.8 Å². The molecule has 4 heteroatoms. The quantitative estimate of drug-likeness (QED) is 0.922. The van der Waals surface area contributed by atoms with Crippen LogP contribution in [0, 0.1) is 0 Å². The second-order valence-electron chi connectivity index (χ2n) is 5.37. The largest absolute Gasteiger partial charge is 0.388 e. The van der Waals surface area contributed by atoms with E-state index in [9.17, 15) is 9.90 Å². The van der Waals surface area contributed by atoms with Crippen LogP contribution in [0.1, 0.15) is 17.2 Å². The zero-order valence-electron chi connectivity index (χ0n) is 12.3. The lowest BCUT2D eigenvalue weighted by atomic mass is 10.1. The highest BCUT2D eigenvalue weighted by molar-refractivity contribution is 8.00. The number of aliphatic hydroxyl groups is 1. The fourth-order valence-electron chi connectivity index (χ4n) is 2.70. The number of carbonyl (C=O) groups excluding carboxylic acids is 1. The summed E-state index contributed by atoms with van der Waals surface area (Å²) in [4.78, 5) is 14.2. The van der Waals surface area contributed by atoms with Crippen molar-refractivity contribution < 1.29 is 9.90 Å². The maximum atomic E-state index is 12.3. The van der Waals surface area contributed by atoms with Gasteiger partial charge in [-0.2, -0.15) is 0 Å². The standard InChI is InChI=1S/C18H19NO2S/c20-17(15-7-2-1-3-8-15)12-22-13-18(21)19-11-10-14-6-4-5-9-16(14)19/h1-9,17,20H,10-13H2/t17-/m0/s1. The molecular weight excluding hydrogens is 294 g/mol. The maximum Gasteiger partial charge on any atom is 0.236 e. The lowest BCUT2D eigenvalue weighted by molar-refractivity contribution is -0.116. The Hall–Kier alpha value is -1.78. The van der Waals surface area contributed by atoms with E-state index in [1.165, 1.54) is 17.3 Å². The van der Waals surface area contributed by atoms with E-state index >= 15 is 0 Å². The van der Waals surface area contributed by atoms with E-state index in [0.717, 1.165) is 24.2 Å². The molecule has 0 aliphatic carbocycles. The molecule has 0 saturated heterocycles. The van der Waals surface area contributed by atoms with E-state index < -0.39 is 6.10 Å². The van der Waals surface area contributed by atoms with Crippen molar-refractivity contribution in [2.75, 3.05) is 23.0 Å². The van der Waals surface area contributed by atoms with Crippen molar-refractivity contribution in [1.29, 1.82) is 0 Å². The summed E-state index contributed by atoms with van der Waals surface area (Å²) < 4.78 is 0. The van der Waals surface area contributed by atoms with Gasteiger partial charge in [0.1, 0.15) is 0 Å². The smallest absolute Gasteiger partial charge is 0.236 e. The second-order valence-corrected chi connectivity index (χ2v) is 6.40. The molecule has 2 aromatic rings. The first-order valence-electron chi connectivity index (χ1n) is 7.45. The molecule has 1 aliphatic rings. The number of anilines is 1. The summed E-state index contributed by atoms with van der Waals surface area (Å²) in [6.07, 6.45) is 0.407. The van der Waals surface area contributed by atoms with Gasteiger partial charge in [-0.15, -0.1) is 11.8 Å². The van der Waals surface area contributed by atoms with Gasteiger partial charge in [0, 0.05) is 18.0 Å². The van der Waals surface area contributed by atoms with Gasteiger partial charge in [0.2, 0.25) is 5.91 Å². The molecule has 1 N–H and O–H groups in total. The van der Waals surface area contributed by atoms with Crippen LogP contribution in [0.15, 0.2) is 54.6 Å². The molecule has 0 spiro atoms. The Morgan fingerprint density at radius 1 is 1.14 bits per heavy atom. The number of benzene rings is 2. The summed E-state index contributed by atoms with van der Waals surface area (Å²) in [5, 5.41) is 10.1. The third-order valence-corrected chi connectivity index (χ3v) is 4.88. The number of aliphatic hydroxyl groups excluding tert-OH is 1. The first kappa shape index (κ1) is 15.1. The number of hydrogen-bond acceptors (Lipinski definition) is 3. The summed E-state index contributed by atoms with van der Waals surface area (Å²) in [6.45, 7) is 0.764. The molecule has 1 amide bonds. The van der Waals surface area contributed by atoms with Gasteiger partial charge in [0.05, 0.1) is 11.9 Å². The van der Waals surface area contributed by atoms with Crippen molar-refractivity contribution >= 4 is 23.4 Å². The first-order chi connectivity index (χ1) is 10.8. The van der Waals surface area contributed by atoms with Crippen LogP contribution in [0.5, 0.6) is 0 Å².